The van der Waals surface area contributed by atoms with Crippen LogP contribution in [0, 0.1) is 0 Å². The van der Waals surface area contributed by atoms with Gasteiger partial charge in [-0.05, 0) is 35.7 Å². The summed E-state index contributed by atoms with van der Waals surface area (Å²) in [7, 11) is -1.80. The van der Waals surface area contributed by atoms with Gasteiger partial charge in [-0.1, -0.05) is 36.4 Å². The molecule has 8 nitrogen and oxygen atoms in total. The third kappa shape index (κ3) is 3.63. The number of nitrogens with one attached hydrogen (secondary N) is 1. The van der Waals surface area contributed by atoms with E-state index in [1.807, 2.05) is 28.9 Å². The zero-order valence-electron chi connectivity index (χ0n) is 17.5. The molecule has 0 aliphatic carbocycles. The van der Waals surface area contributed by atoms with Gasteiger partial charge in [-0.25, -0.2) is 18.1 Å². The van der Waals surface area contributed by atoms with Crippen LogP contribution in [0.1, 0.15) is 0 Å². The molecule has 0 fully saturated rings. The molecule has 2 heterocycles. The molecule has 0 aliphatic heterocycles. The van der Waals surface area contributed by atoms with Crippen LogP contribution in [-0.2, 0) is 10.0 Å². The Morgan fingerprint density at radius 2 is 1.66 bits per heavy atom. The fourth-order valence-electron chi connectivity index (χ4n) is 3.52. The third-order valence-electron chi connectivity index (χ3n) is 5.29. The maximum Gasteiger partial charge on any atom is 0.231 e. The fraction of sp³-hybridized carbons (Fsp3) is 0.0870. The monoisotopic (exact) mass is 444 g/mol. The molecule has 2 aromatic heterocycles. The second-order valence-electron chi connectivity index (χ2n) is 7.43. The van der Waals surface area contributed by atoms with Crippen LogP contribution >= 0.6 is 0 Å². The quantitative estimate of drug-likeness (QED) is 0.439. The minimum atomic E-state index is -3.31. The van der Waals surface area contributed by atoms with Crippen molar-refractivity contribution >= 4 is 49.2 Å². The lowest BCUT2D eigenvalue weighted by molar-refractivity contribution is 0.600. The van der Waals surface area contributed by atoms with Crippen LogP contribution in [-0.4, -0.2) is 41.5 Å². The van der Waals surface area contributed by atoms with E-state index in [0.29, 0.717) is 17.3 Å². The topological polar surface area (TPSA) is 93.0 Å². The van der Waals surface area contributed by atoms with Crippen molar-refractivity contribution in [2.24, 2.45) is 0 Å². The Morgan fingerprint density at radius 3 is 2.44 bits per heavy atom. The largest absolute Gasteiger partial charge is 0.324 e. The Bertz CT molecular complexity index is 1540. The van der Waals surface area contributed by atoms with E-state index in [1.54, 1.807) is 36.7 Å². The first-order valence-corrected chi connectivity index (χ1v) is 11.7. The summed E-state index contributed by atoms with van der Waals surface area (Å²) in [6.07, 6.45) is 4.64. The zero-order valence-corrected chi connectivity index (χ0v) is 18.3. The highest BCUT2D eigenvalue weighted by atomic mass is 32.2. The average molecular weight is 445 g/mol. The number of hydrogen-bond donors (Lipinski definition) is 1. The highest BCUT2D eigenvalue weighted by molar-refractivity contribution is 7.92. The molecule has 160 valence electrons. The van der Waals surface area contributed by atoms with Crippen LogP contribution in [0.4, 0.5) is 17.3 Å². The van der Waals surface area contributed by atoms with Crippen molar-refractivity contribution in [3.8, 4) is 5.69 Å². The number of nitrogens with zero attached hydrogens (tertiary/aromatic N) is 5. The van der Waals surface area contributed by atoms with Gasteiger partial charge in [0.05, 0.1) is 29.2 Å². The third-order valence-corrected chi connectivity index (χ3v) is 6.49. The van der Waals surface area contributed by atoms with Crippen molar-refractivity contribution in [1.82, 2.24) is 19.7 Å². The molecule has 3 aromatic carbocycles. The summed E-state index contributed by atoms with van der Waals surface area (Å²) < 4.78 is 26.5. The molecular weight excluding hydrogens is 424 g/mol. The molecule has 0 amide bonds. The Balaban J connectivity index is 1.49. The second kappa shape index (κ2) is 7.61. The standard InChI is InChI=1S/C23H20N6O2S/c1-28(32(2,30)31)19-12-10-18(11-13-19)26-23-24-14-17-15-25-29(22(17)27-23)21-9-5-7-16-6-3-4-8-20(16)21/h3-15H,1-2H3,(H,24,26,27). The van der Waals surface area contributed by atoms with Crippen LogP contribution in [0.3, 0.4) is 0 Å². The predicted molar refractivity (Wildman–Crippen MR) is 127 cm³/mol. The molecule has 0 radical (unpaired) electrons. The van der Waals surface area contributed by atoms with E-state index in [9.17, 15) is 8.42 Å². The van der Waals surface area contributed by atoms with Crippen LogP contribution in [0.25, 0.3) is 27.5 Å². The number of benzene rings is 3. The van der Waals surface area contributed by atoms with Crippen molar-refractivity contribution in [2.75, 3.05) is 22.9 Å². The average Bonchev–Trinajstić information content (AvgIpc) is 3.21. The Kier molecular flexibility index (Phi) is 4.75. The lowest BCUT2D eigenvalue weighted by atomic mass is 10.1. The van der Waals surface area contributed by atoms with E-state index in [2.05, 4.69) is 38.6 Å². The highest BCUT2D eigenvalue weighted by Crippen LogP contribution is 2.26. The molecular formula is C23H20N6O2S. The Morgan fingerprint density at radius 1 is 0.906 bits per heavy atom. The van der Waals surface area contributed by atoms with Crippen LogP contribution in [0.15, 0.2) is 79.1 Å². The number of fused-ring (bicyclic) bond motifs is 2. The van der Waals surface area contributed by atoms with Crippen LogP contribution < -0.4 is 9.62 Å². The SMILES string of the molecule is CN(c1ccc(Nc2ncc3cnn(-c4cccc5ccccc45)c3n2)cc1)S(C)(=O)=O. The summed E-state index contributed by atoms with van der Waals surface area (Å²) >= 11 is 0. The molecule has 0 aliphatic rings. The first-order chi connectivity index (χ1) is 15.4. The smallest absolute Gasteiger partial charge is 0.231 e. The molecule has 32 heavy (non-hydrogen) atoms. The number of rotatable bonds is 5. The lowest BCUT2D eigenvalue weighted by Gasteiger charge is -2.16. The molecule has 0 saturated carbocycles. The summed E-state index contributed by atoms with van der Waals surface area (Å²) in [6, 6.07) is 21.2. The van der Waals surface area contributed by atoms with Crippen LogP contribution in [0.2, 0.25) is 0 Å². The number of sulfonamides is 1. The normalized spacial score (nSPS) is 11.7. The summed E-state index contributed by atoms with van der Waals surface area (Å²) in [5, 5.41) is 10.8. The minimum Gasteiger partial charge on any atom is -0.324 e. The molecule has 0 atom stereocenters. The number of hydrogen-bond acceptors (Lipinski definition) is 6. The highest BCUT2D eigenvalue weighted by Gasteiger charge is 2.13. The van der Waals surface area contributed by atoms with Gasteiger partial charge in [-0.15, -0.1) is 0 Å². The number of aromatic nitrogens is 4. The summed E-state index contributed by atoms with van der Waals surface area (Å²) in [5.74, 6) is 0.420. The Labute approximate surface area is 185 Å². The van der Waals surface area contributed by atoms with Gasteiger partial charge >= 0.3 is 0 Å². The van der Waals surface area contributed by atoms with E-state index >= 15 is 0 Å². The minimum absolute atomic E-state index is 0.420. The van der Waals surface area contributed by atoms with Gasteiger partial charge in [0, 0.05) is 24.3 Å². The van der Waals surface area contributed by atoms with Crippen molar-refractivity contribution in [1.29, 1.82) is 0 Å². The first-order valence-electron chi connectivity index (χ1n) is 9.90. The first kappa shape index (κ1) is 20.0. The zero-order chi connectivity index (χ0) is 22.3. The van der Waals surface area contributed by atoms with E-state index in [1.165, 1.54) is 17.6 Å². The van der Waals surface area contributed by atoms with Gasteiger partial charge < -0.3 is 5.32 Å². The lowest BCUT2D eigenvalue weighted by Crippen LogP contribution is -2.24. The fourth-order valence-corrected chi connectivity index (χ4v) is 4.03. The maximum absolute atomic E-state index is 11.7. The predicted octanol–water partition coefficient (Wildman–Crippen LogP) is 4.11. The van der Waals surface area contributed by atoms with Crippen molar-refractivity contribution in [3.05, 3.63) is 79.1 Å². The molecule has 0 spiro atoms. The van der Waals surface area contributed by atoms with Crippen molar-refractivity contribution < 1.29 is 8.42 Å². The molecule has 5 aromatic rings. The summed E-state index contributed by atoms with van der Waals surface area (Å²) in [6.45, 7) is 0. The van der Waals surface area contributed by atoms with Crippen molar-refractivity contribution in [2.45, 2.75) is 0 Å². The molecule has 1 N–H and O–H groups in total. The molecule has 0 saturated heterocycles. The molecule has 0 bridgehead atoms. The van der Waals surface area contributed by atoms with Gasteiger partial charge in [0.25, 0.3) is 0 Å². The maximum atomic E-state index is 11.7. The Hall–Kier alpha value is -3.98. The summed E-state index contributed by atoms with van der Waals surface area (Å²) in [5.41, 5.74) is 2.94. The van der Waals surface area contributed by atoms with E-state index < -0.39 is 10.0 Å². The molecule has 0 unspecified atom stereocenters. The van der Waals surface area contributed by atoms with E-state index in [0.717, 1.165) is 27.5 Å². The van der Waals surface area contributed by atoms with Crippen molar-refractivity contribution in [3.63, 3.8) is 0 Å². The molecule has 5 rings (SSSR count). The van der Waals surface area contributed by atoms with Gasteiger partial charge in [-0.3, -0.25) is 4.31 Å². The number of anilines is 3. The van der Waals surface area contributed by atoms with Crippen LogP contribution in [0.5, 0.6) is 0 Å². The molecule has 9 heteroatoms. The van der Waals surface area contributed by atoms with E-state index in [4.69, 9.17) is 0 Å². The van der Waals surface area contributed by atoms with Gasteiger partial charge in [0.1, 0.15) is 0 Å². The summed E-state index contributed by atoms with van der Waals surface area (Å²) in [4.78, 5) is 9.07. The van der Waals surface area contributed by atoms with Gasteiger partial charge in [-0.2, -0.15) is 10.1 Å². The second-order valence-corrected chi connectivity index (χ2v) is 9.44. The van der Waals surface area contributed by atoms with Gasteiger partial charge in [0.2, 0.25) is 16.0 Å². The van der Waals surface area contributed by atoms with Gasteiger partial charge in [0.15, 0.2) is 5.65 Å². The van der Waals surface area contributed by atoms with E-state index in [-0.39, 0.29) is 0 Å².